The van der Waals surface area contributed by atoms with Crippen LogP contribution in [0, 0.1) is 0 Å². The van der Waals surface area contributed by atoms with Crippen LogP contribution in [0.4, 0.5) is 5.69 Å². The smallest absolute Gasteiger partial charge is 0.135 e. The monoisotopic (exact) mass is 241 g/mol. The van der Waals surface area contributed by atoms with Crippen molar-refractivity contribution in [2.45, 2.75) is 0 Å². The maximum atomic E-state index is 5.15. The standard InChI is InChI=1S/C10H12BrNO/c1-3-6-12-8-4-5-9(11)10(7-8)13-2/h3-5,7,12H,1,6H2,2H3. The molecule has 0 spiro atoms. The Morgan fingerprint density at radius 3 is 3.00 bits per heavy atom. The zero-order valence-electron chi connectivity index (χ0n) is 7.51. The highest BCUT2D eigenvalue weighted by molar-refractivity contribution is 9.10. The Morgan fingerprint density at radius 1 is 1.62 bits per heavy atom. The van der Waals surface area contributed by atoms with Gasteiger partial charge in [-0.05, 0) is 28.1 Å². The molecule has 0 bridgehead atoms. The van der Waals surface area contributed by atoms with E-state index in [9.17, 15) is 0 Å². The molecule has 0 radical (unpaired) electrons. The lowest BCUT2D eigenvalue weighted by Crippen LogP contribution is -1.97. The van der Waals surface area contributed by atoms with Crippen LogP contribution < -0.4 is 10.1 Å². The van der Waals surface area contributed by atoms with Crippen molar-refractivity contribution < 1.29 is 4.74 Å². The zero-order chi connectivity index (χ0) is 9.68. The fourth-order valence-electron chi connectivity index (χ4n) is 0.960. The summed E-state index contributed by atoms with van der Waals surface area (Å²) < 4.78 is 6.11. The van der Waals surface area contributed by atoms with Gasteiger partial charge < -0.3 is 10.1 Å². The van der Waals surface area contributed by atoms with Crippen molar-refractivity contribution in [3.05, 3.63) is 35.3 Å². The summed E-state index contributed by atoms with van der Waals surface area (Å²) in [5, 5.41) is 3.18. The predicted octanol–water partition coefficient (Wildman–Crippen LogP) is 3.06. The summed E-state index contributed by atoms with van der Waals surface area (Å²) in [5.41, 5.74) is 1.03. The Hall–Kier alpha value is -0.960. The highest BCUT2D eigenvalue weighted by atomic mass is 79.9. The van der Waals surface area contributed by atoms with Gasteiger partial charge in [-0.1, -0.05) is 6.08 Å². The number of halogens is 1. The molecule has 0 amide bonds. The molecule has 0 heterocycles. The Labute approximate surface area is 86.7 Å². The maximum absolute atomic E-state index is 5.15. The number of benzene rings is 1. The summed E-state index contributed by atoms with van der Waals surface area (Å²) in [6, 6.07) is 5.87. The van der Waals surface area contributed by atoms with E-state index in [1.54, 1.807) is 7.11 Å². The lowest BCUT2D eigenvalue weighted by Gasteiger charge is -2.07. The van der Waals surface area contributed by atoms with Crippen LogP contribution in [0.2, 0.25) is 0 Å². The van der Waals surface area contributed by atoms with Gasteiger partial charge in [0.15, 0.2) is 0 Å². The predicted molar refractivity (Wildman–Crippen MR) is 59.4 cm³/mol. The van der Waals surface area contributed by atoms with Crippen molar-refractivity contribution in [2.75, 3.05) is 19.0 Å². The fraction of sp³-hybridized carbons (Fsp3) is 0.200. The van der Waals surface area contributed by atoms with Gasteiger partial charge in [-0.15, -0.1) is 6.58 Å². The van der Waals surface area contributed by atoms with E-state index in [2.05, 4.69) is 27.8 Å². The van der Waals surface area contributed by atoms with Crippen molar-refractivity contribution in [2.24, 2.45) is 0 Å². The SMILES string of the molecule is C=CCNc1ccc(Br)c(OC)c1. The molecular weight excluding hydrogens is 230 g/mol. The van der Waals surface area contributed by atoms with E-state index >= 15 is 0 Å². The second-order valence-electron chi connectivity index (χ2n) is 2.52. The summed E-state index contributed by atoms with van der Waals surface area (Å²) in [6.45, 7) is 4.39. The molecule has 0 aliphatic rings. The average Bonchev–Trinajstić information content (AvgIpc) is 2.16. The molecular formula is C10H12BrNO. The molecule has 0 aromatic heterocycles. The summed E-state index contributed by atoms with van der Waals surface area (Å²) in [7, 11) is 1.65. The van der Waals surface area contributed by atoms with Crippen molar-refractivity contribution in [1.29, 1.82) is 0 Å². The van der Waals surface area contributed by atoms with E-state index < -0.39 is 0 Å². The van der Waals surface area contributed by atoms with E-state index in [1.165, 1.54) is 0 Å². The van der Waals surface area contributed by atoms with Gasteiger partial charge in [0.25, 0.3) is 0 Å². The molecule has 13 heavy (non-hydrogen) atoms. The first-order chi connectivity index (χ1) is 6.27. The number of hydrogen-bond donors (Lipinski definition) is 1. The molecule has 0 unspecified atom stereocenters. The quantitative estimate of drug-likeness (QED) is 0.819. The highest BCUT2D eigenvalue weighted by Crippen LogP contribution is 2.27. The molecule has 70 valence electrons. The lowest BCUT2D eigenvalue weighted by atomic mass is 10.3. The average molecular weight is 242 g/mol. The van der Waals surface area contributed by atoms with Crippen molar-refractivity contribution >= 4 is 21.6 Å². The number of methoxy groups -OCH3 is 1. The zero-order valence-corrected chi connectivity index (χ0v) is 9.10. The number of hydrogen-bond acceptors (Lipinski definition) is 2. The largest absolute Gasteiger partial charge is 0.495 e. The first-order valence-electron chi connectivity index (χ1n) is 3.96. The van der Waals surface area contributed by atoms with E-state index in [0.717, 1.165) is 22.5 Å². The van der Waals surface area contributed by atoms with Crippen LogP contribution in [0.25, 0.3) is 0 Å². The molecule has 1 N–H and O–H groups in total. The van der Waals surface area contributed by atoms with Crippen LogP contribution in [0.1, 0.15) is 0 Å². The molecule has 0 saturated heterocycles. The molecule has 1 aromatic carbocycles. The van der Waals surface area contributed by atoms with Crippen LogP contribution in [-0.4, -0.2) is 13.7 Å². The molecule has 0 fully saturated rings. The Kier molecular flexibility index (Phi) is 3.83. The minimum Gasteiger partial charge on any atom is -0.495 e. The first-order valence-corrected chi connectivity index (χ1v) is 4.75. The van der Waals surface area contributed by atoms with Crippen LogP contribution in [0.5, 0.6) is 5.75 Å². The van der Waals surface area contributed by atoms with E-state index in [0.29, 0.717) is 0 Å². The van der Waals surface area contributed by atoms with Crippen molar-refractivity contribution in [3.8, 4) is 5.75 Å². The Morgan fingerprint density at radius 2 is 2.38 bits per heavy atom. The number of ether oxygens (including phenoxy) is 1. The Bertz CT molecular complexity index is 299. The third-order valence-electron chi connectivity index (χ3n) is 1.60. The number of anilines is 1. The van der Waals surface area contributed by atoms with E-state index in [1.807, 2.05) is 24.3 Å². The highest BCUT2D eigenvalue weighted by Gasteiger charge is 1.99. The second-order valence-corrected chi connectivity index (χ2v) is 3.37. The maximum Gasteiger partial charge on any atom is 0.135 e. The van der Waals surface area contributed by atoms with Crippen LogP contribution >= 0.6 is 15.9 Å². The van der Waals surface area contributed by atoms with Gasteiger partial charge >= 0.3 is 0 Å². The van der Waals surface area contributed by atoms with Gasteiger partial charge in [0.2, 0.25) is 0 Å². The van der Waals surface area contributed by atoms with Gasteiger partial charge in [-0.2, -0.15) is 0 Å². The van der Waals surface area contributed by atoms with E-state index in [4.69, 9.17) is 4.74 Å². The molecule has 0 aliphatic carbocycles. The second kappa shape index (κ2) is 4.92. The van der Waals surface area contributed by atoms with Crippen molar-refractivity contribution in [1.82, 2.24) is 0 Å². The van der Waals surface area contributed by atoms with Crippen molar-refractivity contribution in [3.63, 3.8) is 0 Å². The van der Waals surface area contributed by atoms with E-state index in [-0.39, 0.29) is 0 Å². The van der Waals surface area contributed by atoms with Gasteiger partial charge in [0.05, 0.1) is 11.6 Å². The van der Waals surface area contributed by atoms with Crippen LogP contribution in [-0.2, 0) is 0 Å². The summed E-state index contributed by atoms with van der Waals surface area (Å²) in [6.07, 6.45) is 1.81. The van der Waals surface area contributed by atoms with Crippen LogP contribution in [0.15, 0.2) is 35.3 Å². The number of rotatable bonds is 4. The van der Waals surface area contributed by atoms with Gasteiger partial charge in [0, 0.05) is 18.3 Å². The Balaban J connectivity index is 2.79. The minimum atomic E-state index is 0.755. The van der Waals surface area contributed by atoms with Crippen LogP contribution in [0.3, 0.4) is 0 Å². The summed E-state index contributed by atoms with van der Waals surface area (Å²) in [4.78, 5) is 0. The first kappa shape index (κ1) is 10.1. The molecule has 3 heteroatoms. The van der Waals surface area contributed by atoms with Gasteiger partial charge in [-0.25, -0.2) is 0 Å². The molecule has 0 aliphatic heterocycles. The lowest BCUT2D eigenvalue weighted by molar-refractivity contribution is 0.412. The number of nitrogens with one attached hydrogen (secondary N) is 1. The molecule has 0 atom stereocenters. The summed E-state index contributed by atoms with van der Waals surface area (Å²) >= 11 is 3.39. The van der Waals surface area contributed by atoms with Gasteiger partial charge in [-0.3, -0.25) is 0 Å². The van der Waals surface area contributed by atoms with Gasteiger partial charge in [0.1, 0.15) is 5.75 Å². The molecule has 1 rings (SSSR count). The topological polar surface area (TPSA) is 21.3 Å². The third-order valence-corrected chi connectivity index (χ3v) is 2.26. The summed E-state index contributed by atoms with van der Waals surface area (Å²) in [5.74, 6) is 0.828. The third kappa shape index (κ3) is 2.77. The normalized spacial score (nSPS) is 9.38. The fourth-order valence-corrected chi connectivity index (χ4v) is 1.37. The molecule has 0 saturated carbocycles. The molecule has 2 nitrogen and oxygen atoms in total. The molecule has 1 aromatic rings. The minimum absolute atomic E-state index is 0.755.